The van der Waals surface area contributed by atoms with Crippen molar-refractivity contribution in [2.24, 2.45) is 0 Å². The van der Waals surface area contributed by atoms with Gasteiger partial charge in [-0.1, -0.05) is 17.7 Å². The van der Waals surface area contributed by atoms with E-state index in [4.69, 9.17) is 4.74 Å². The highest BCUT2D eigenvalue weighted by Gasteiger charge is 2.10. The van der Waals surface area contributed by atoms with Gasteiger partial charge in [0.05, 0.1) is 6.61 Å². The van der Waals surface area contributed by atoms with E-state index in [0.29, 0.717) is 13.2 Å². The summed E-state index contributed by atoms with van der Waals surface area (Å²) in [5.41, 5.74) is 2.85. The third-order valence-electron chi connectivity index (χ3n) is 2.61. The highest BCUT2D eigenvalue weighted by molar-refractivity contribution is 6.03. The molecule has 1 aromatic carbocycles. The molecule has 5 heteroatoms. The van der Waals surface area contributed by atoms with Crippen molar-refractivity contribution in [1.82, 2.24) is 5.32 Å². The molecule has 1 aromatic rings. The molecule has 2 amide bonds. The number of rotatable bonds is 6. The molecule has 0 saturated carbocycles. The molecule has 0 aliphatic carbocycles. The second kappa shape index (κ2) is 7.53. The second-order valence-corrected chi connectivity index (χ2v) is 4.39. The molecule has 0 heterocycles. The summed E-state index contributed by atoms with van der Waals surface area (Å²) >= 11 is 0. The summed E-state index contributed by atoms with van der Waals surface area (Å²) in [5.74, 6) is -0.624. The molecule has 0 aliphatic heterocycles. The van der Waals surface area contributed by atoms with E-state index in [1.165, 1.54) is 0 Å². The zero-order chi connectivity index (χ0) is 14.3. The summed E-state index contributed by atoms with van der Waals surface area (Å²) in [7, 11) is 1.55. The first kappa shape index (κ1) is 15.2. The highest BCUT2D eigenvalue weighted by atomic mass is 16.5. The summed E-state index contributed by atoms with van der Waals surface area (Å²) in [6.07, 6.45) is -0.184. The summed E-state index contributed by atoms with van der Waals surface area (Å²) in [6, 6.07) is 5.74. The van der Waals surface area contributed by atoms with Crippen LogP contribution in [0.1, 0.15) is 17.5 Å². The predicted octanol–water partition coefficient (Wildman–Crippen LogP) is 1.39. The third kappa shape index (κ3) is 5.52. The Morgan fingerprint density at radius 2 is 1.95 bits per heavy atom. The number of anilines is 1. The Bertz CT molecular complexity index is 458. The minimum atomic E-state index is -0.318. The predicted molar refractivity (Wildman–Crippen MR) is 74.0 cm³/mol. The van der Waals surface area contributed by atoms with Crippen molar-refractivity contribution in [2.75, 3.05) is 25.6 Å². The molecule has 104 valence electrons. The van der Waals surface area contributed by atoms with Crippen LogP contribution in [-0.4, -0.2) is 32.1 Å². The maximum Gasteiger partial charge on any atom is 0.233 e. The van der Waals surface area contributed by atoms with Crippen LogP contribution in [0.4, 0.5) is 5.69 Å². The van der Waals surface area contributed by atoms with Crippen LogP contribution in [0.3, 0.4) is 0 Å². The van der Waals surface area contributed by atoms with Crippen LogP contribution in [0.2, 0.25) is 0 Å². The van der Waals surface area contributed by atoms with Gasteiger partial charge in [0.2, 0.25) is 11.8 Å². The van der Waals surface area contributed by atoms with E-state index >= 15 is 0 Å². The van der Waals surface area contributed by atoms with Crippen molar-refractivity contribution in [3.8, 4) is 0 Å². The zero-order valence-electron chi connectivity index (χ0n) is 11.6. The number of nitrogens with one attached hydrogen (secondary N) is 2. The maximum atomic E-state index is 11.7. The van der Waals surface area contributed by atoms with Gasteiger partial charge in [-0.2, -0.15) is 0 Å². The smallest absolute Gasteiger partial charge is 0.233 e. The molecule has 0 radical (unpaired) electrons. The summed E-state index contributed by atoms with van der Waals surface area (Å²) < 4.78 is 4.80. The molecular formula is C14H20N2O3. The van der Waals surface area contributed by atoms with Crippen LogP contribution in [0.5, 0.6) is 0 Å². The van der Waals surface area contributed by atoms with Gasteiger partial charge in [0.15, 0.2) is 0 Å². The first-order valence-electron chi connectivity index (χ1n) is 6.15. The van der Waals surface area contributed by atoms with E-state index in [-0.39, 0.29) is 18.2 Å². The molecule has 0 fully saturated rings. The third-order valence-corrected chi connectivity index (χ3v) is 2.61. The number of carbonyl (C=O) groups excluding carboxylic acids is 2. The highest BCUT2D eigenvalue weighted by Crippen LogP contribution is 2.15. The minimum absolute atomic E-state index is 0.184. The van der Waals surface area contributed by atoms with E-state index in [0.717, 1.165) is 16.8 Å². The van der Waals surface area contributed by atoms with E-state index in [9.17, 15) is 9.59 Å². The molecule has 0 aromatic heterocycles. The van der Waals surface area contributed by atoms with Crippen molar-refractivity contribution in [3.63, 3.8) is 0 Å². The van der Waals surface area contributed by atoms with E-state index in [2.05, 4.69) is 10.6 Å². The van der Waals surface area contributed by atoms with Crippen molar-refractivity contribution >= 4 is 17.5 Å². The molecular weight excluding hydrogens is 244 g/mol. The minimum Gasteiger partial charge on any atom is -0.383 e. The summed E-state index contributed by atoms with van der Waals surface area (Å²) in [5, 5.41) is 5.33. The monoisotopic (exact) mass is 264 g/mol. The van der Waals surface area contributed by atoms with E-state index in [1.54, 1.807) is 7.11 Å². The lowest BCUT2D eigenvalue weighted by atomic mass is 10.1. The Morgan fingerprint density at radius 3 is 2.58 bits per heavy atom. The van der Waals surface area contributed by atoms with Crippen LogP contribution >= 0.6 is 0 Å². The normalized spacial score (nSPS) is 10.1. The lowest BCUT2D eigenvalue weighted by molar-refractivity contribution is -0.126. The lowest BCUT2D eigenvalue weighted by Gasteiger charge is -2.09. The standard InChI is InChI=1S/C14H20N2O3/c1-10-4-5-12(11(2)8-10)16-14(18)9-13(17)15-6-7-19-3/h4-5,8H,6-7,9H2,1-3H3,(H,15,17)(H,16,18). The summed E-state index contributed by atoms with van der Waals surface area (Å²) in [6.45, 7) is 4.75. The molecule has 0 spiro atoms. The largest absolute Gasteiger partial charge is 0.383 e. The molecule has 5 nitrogen and oxygen atoms in total. The fraction of sp³-hybridized carbons (Fsp3) is 0.429. The SMILES string of the molecule is COCCNC(=O)CC(=O)Nc1ccc(C)cc1C. The lowest BCUT2D eigenvalue weighted by Crippen LogP contribution is -2.30. The number of amides is 2. The molecule has 2 N–H and O–H groups in total. The van der Waals surface area contributed by atoms with Crippen LogP contribution in [0, 0.1) is 13.8 Å². The fourth-order valence-electron chi connectivity index (χ4n) is 1.65. The Morgan fingerprint density at radius 1 is 1.21 bits per heavy atom. The second-order valence-electron chi connectivity index (χ2n) is 4.39. The van der Waals surface area contributed by atoms with Gasteiger partial charge in [-0.15, -0.1) is 0 Å². The fourth-order valence-corrected chi connectivity index (χ4v) is 1.65. The number of carbonyl (C=O) groups is 2. The van der Waals surface area contributed by atoms with Crippen molar-refractivity contribution in [2.45, 2.75) is 20.3 Å². The van der Waals surface area contributed by atoms with Gasteiger partial charge in [-0.05, 0) is 25.5 Å². The molecule has 0 atom stereocenters. The molecule has 0 bridgehead atoms. The van der Waals surface area contributed by atoms with Crippen molar-refractivity contribution < 1.29 is 14.3 Å². The molecule has 19 heavy (non-hydrogen) atoms. The Hall–Kier alpha value is -1.88. The average Bonchev–Trinajstić information content (AvgIpc) is 2.33. The Kier molecular flexibility index (Phi) is 6.02. The number of hydrogen-bond acceptors (Lipinski definition) is 3. The van der Waals surface area contributed by atoms with Crippen LogP contribution in [0.25, 0.3) is 0 Å². The van der Waals surface area contributed by atoms with Crippen LogP contribution in [0.15, 0.2) is 18.2 Å². The maximum absolute atomic E-state index is 11.7. The van der Waals surface area contributed by atoms with E-state index < -0.39 is 0 Å². The number of benzene rings is 1. The van der Waals surface area contributed by atoms with Crippen LogP contribution < -0.4 is 10.6 Å². The first-order chi connectivity index (χ1) is 9.02. The number of ether oxygens (including phenoxy) is 1. The van der Waals surface area contributed by atoms with Gasteiger partial charge in [-0.3, -0.25) is 9.59 Å². The molecule has 0 aliphatic rings. The molecule has 1 rings (SSSR count). The van der Waals surface area contributed by atoms with Crippen molar-refractivity contribution in [3.05, 3.63) is 29.3 Å². The number of methoxy groups -OCH3 is 1. The average molecular weight is 264 g/mol. The molecule has 0 unspecified atom stereocenters. The van der Waals surface area contributed by atoms with Crippen molar-refractivity contribution in [1.29, 1.82) is 0 Å². The number of hydrogen-bond donors (Lipinski definition) is 2. The molecule has 0 saturated heterocycles. The zero-order valence-corrected chi connectivity index (χ0v) is 11.6. The summed E-state index contributed by atoms with van der Waals surface area (Å²) in [4.78, 5) is 23.1. The van der Waals surface area contributed by atoms with Gasteiger partial charge in [-0.25, -0.2) is 0 Å². The van der Waals surface area contributed by atoms with Gasteiger partial charge >= 0.3 is 0 Å². The van der Waals surface area contributed by atoms with E-state index in [1.807, 2.05) is 32.0 Å². The van der Waals surface area contributed by atoms with Gasteiger partial charge in [0.25, 0.3) is 0 Å². The quantitative estimate of drug-likeness (QED) is 0.603. The van der Waals surface area contributed by atoms with Gasteiger partial charge < -0.3 is 15.4 Å². The van der Waals surface area contributed by atoms with Crippen LogP contribution in [-0.2, 0) is 14.3 Å². The van der Waals surface area contributed by atoms with Gasteiger partial charge in [0, 0.05) is 19.3 Å². The Balaban J connectivity index is 2.44. The first-order valence-corrected chi connectivity index (χ1v) is 6.15. The van der Waals surface area contributed by atoms with Gasteiger partial charge in [0.1, 0.15) is 6.42 Å². The topological polar surface area (TPSA) is 67.4 Å². The Labute approximate surface area is 113 Å². The number of aryl methyl sites for hydroxylation is 2.